The van der Waals surface area contributed by atoms with E-state index >= 15 is 0 Å². The van der Waals surface area contributed by atoms with Crippen molar-refractivity contribution in [2.24, 2.45) is 11.8 Å². The Kier molecular flexibility index (Phi) is 7.29. The van der Waals surface area contributed by atoms with Crippen LogP contribution >= 0.6 is 23.2 Å². The van der Waals surface area contributed by atoms with Crippen LogP contribution in [0.5, 0.6) is 0 Å². The highest BCUT2D eigenvalue weighted by atomic mass is 35.5. The van der Waals surface area contributed by atoms with Crippen molar-refractivity contribution in [2.45, 2.75) is 26.7 Å². The minimum absolute atomic E-state index is 0.0132. The van der Waals surface area contributed by atoms with Crippen LogP contribution in [0.4, 0.5) is 11.4 Å². The molecule has 2 atom stereocenters. The third-order valence-electron chi connectivity index (χ3n) is 5.45. The highest BCUT2D eigenvalue weighted by Crippen LogP contribution is 2.32. The number of hydrogen-bond donors (Lipinski definition) is 2. The number of carbonyl (C=O) groups is 2. The van der Waals surface area contributed by atoms with E-state index in [1.807, 2.05) is 13.8 Å². The molecule has 2 amide bonds. The van der Waals surface area contributed by atoms with Gasteiger partial charge in [0.25, 0.3) is 0 Å². The van der Waals surface area contributed by atoms with Crippen LogP contribution in [-0.2, 0) is 19.4 Å². The van der Waals surface area contributed by atoms with Gasteiger partial charge in [-0.15, -0.1) is 0 Å². The fourth-order valence-corrected chi connectivity index (χ4v) is 6.35. The van der Waals surface area contributed by atoms with Crippen molar-refractivity contribution in [2.75, 3.05) is 22.1 Å². The van der Waals surface area contributed by atoms with E-state index in [4.69, 9.17) is 23.2 Å². The van der Waals surface area contributed by atoms with Gasteiger partial charge in [-0.3, -0.25) is 9.59 Å². The highest BCUT2D eigenvalue weighted by molar-refractivity contribution is 7.91. The van der Waals surface area contributed by atoms with Gasteiger partial charge in [-0.2, -0.15) is 0 Å². The summed E-state index contributed by atoms with van der Waals surface area (Å²) in [5.74, 6) is -1.69. The van der Waals surface area contributed by atoms with Gasteiger partial charge in [0.15, 0.2) is 9.84 Å². The molecule has 2 aromatic carbocycles. The normalized spacial score (nSPS) is 19.7. The van der Waals surface area contributed by atoms with E-state index in [-0.39, 0.29) is 36.2 Å². The summed E-state index contributed by atoms with van der Waals surface area (Å²) in [6.07, 6.45) is 0.0264. The predicted molar refractivity (Wildman–Crippen MR) is 125 cm³/mol. The molecule has 2 N–H and O–H groups in total. The van der Waals surface area contributed by atoms with Gasteiger partial charge in [0.2, 0.25) is 11.8 Å². The van der Waals surface area contributed by atoms with Gasteiger partial charge in [0.1, 0.15) is 0 Å². The molecule has 0 unspecified atom stereocenters. The highest BCUT2D eigenvalue weighted by Gasteiger charge is 2.39. The van der Waals surface area contributed by atoms with Crippen LogP contribution in [0.2, 0.25) is 10.0 Å². The minimum Gasteiger partial charge on any atom is -0.326 e. The summed E-state index contributed by atoms with van der Waals surface area (Å²) in [7, 11) is -3.31. The maximum atomic E-state index is 12.6. The van der Waals surface area contributed by atoms with Crippen LogP contribution < -0.4 is 10.6 Å². The zero-order valence-corrected chi connectivity index (χ0v) is 19.6. The molecule has 1 aliphatic rings. The first kappa shape index (κ1) is 23.6. The molecule has 0 aliphatic carbocycles. The lowest BCUT2D eigenvalue weighted by Gasteiger charge is -2.18. The Morgan fingerprint density at radius 2 is 1.23 bits per heavy atom. The third kappa shape index (κ3) is 6.45. The van der Waals surface area contributed by atoms with E-state index < -0.39 is 21.7 Å². The second-order valence-electron chi connectivity index (χ2n) is 8.02. The molecule has 166 valence electrons. The van der Waals surface area contributed by atoms with Crippen molar-refractivity contribution < 1.29 is 18.0 Å². The number of sulfone groups is 1. The number of aryl methyl sites for hydroxylation is 2. The molecule has 6 nitrogen and oxygen atoms in total. The number of halogens is 2. The second-order valence-corrected chi connectivity index (χ2v) is 11.0. The van der Waals surface area contributed by atoms with Gasteiger partial charge >= 0.3 is 0 Å². The Morgan fingerprint density at radius 3 is 1.61 bits per heavy atom. The molecule has 0 aromatic heterocycles. The maximum Gasteiger partial charge on any atom is 0.224 e. The molecule has 31 heavy (non-hydrogen) atoms. The summed E-state index contributed by atoms with van der Waals surface area (Å²) >= 11 is 12.0. The number of nitrogens with one attached hydrogen (secondary N) is 2. The smallest absolute Gasteiger partial charge is 0.224 e. The van der Waals surface area contributed by atoms with Crippen molar-refractivity contribution in [1.29, 1.82) is 0 Å². The maximum absolute atomic E-state index is 12.6. The van der Waals surface area contributed by atoms with Crippen molar-refractivity contribution in [3.63, 3.8) is 0 Å². The van der Waals surface area contributed by atoms with Crippen LogP contribution in [0, 0.1) is 25.7 Å². The fourth-order valence-electron chi connectivity index (χ4n) is 3.78. The van der Waals surface area contributed by atoms with Crippen LogP contribution in [0.15, 0.2) is 36.4 Å². The lowest BCUT2D eigenvalue weighted by atomic mass is 9.89. The average molecular weight is 483 g/mol. The van der Waals surface area contributed by atoms with Crippen LogP contribution in [0.3, 0.4) is 0 Å². The number of anilines is 2. The Hall–Kier alpha value is -2.09. The lowest BCUT2D eigenvalue weighted by molar-refractivity contribution is -0.119. The molecular formula is C22H24Cl2N2O4S. The summed E-state index contributed by atoms with van der Waals surface area (Å²) in [5.41, 5.74) is 2.88. The fraction of sp³-hybridized carbons (Fsp3) is 0.364. The third-order valence-corrected chi connectivity index (χ3v) is 7.79. The topological polar surface area (TPSA) is 92.3 Å². The van der Waals surface area contributed by atoms with Gasteiger partial charge in [-0.25, -0.2) is 8.42 Å². The first-order valence-corrected chi connectivity index (χ1v) is 12.4. The van der Waals surface area contributed by atoms with Crippen LogP contribution in [0.1, 0.15) is 24.0 Å². The summed E-state index contributed by atoms with van der Waals surface area (Å²) in [6, 6.07) is 10.3. The van der Waals surface area contributed by atoms with E-state index in [9.17, 15) is 18.0 Å². The van der Waals surface area contributed by atoms with E-state index in [0.29, 0.717) is 21.4 Å². The predicted octanol–water partition coefficient (Wildman–Crippen LogP) is 4.63. The standard InChI is InChI=1S/C22H24Cl2N2O4S/c1-13-3-5-17(23)9-19(13)25-21(27)7-15-11-31(29,30)12-16(15)8-22(28)26-20-10-18(24)6-4-14(20)2/h3-6,9-10,15-16H,7-8,11-12H2,1-2H3,(H,25,27)(H,26,28)/t15-,16-/m0/s1. The van der Waals surface area contributed by atoms with Gasteiger partial charge in [0, 0.05) is 34.3 Å². The molecule has 1 saturated heterocycles. The van der Waals surface area contributed by atoms with E-state index in [1.54, 1.807) is 36.4 Å². The molecule has 1 aliphatic heterocycles. The molecule has 2 aromatic rings. The summed E-state index contributed by atoms with van der Waals surface area (Å²) in [5, 5.41) is 6.59. The Bertz CT molecular complexity index is 1040. The van der Waals surface area contributed by atoms with E-state index in [0.717, 1.165) is 11.1 Å². The molecular weight excluding hydrogens is 459 g/mol. The number of rotatable bonds is 6. The van der Waals surface area contributed by atoms with Crippen LogP contribution in [-0.4, -0.2) is 31.7 Å². The summed E-state index contributed by atoms with van der Waals surface area (Å²) in [4.78, 5) is 25.2. The Morgan fingerprint density at radius 1 is 0.839 bits per heavy atom. The second kappa shape index (κ2) is 9.59. The van der Waals surface area contributed by atoms with Gasteiger partial charge in [-0.1, -0.05) is 35.3 Å². The molecule has 0 saturated carbocycles. The molecule has 0 radical (unpaired) electrons. The van der Waals surface area contributed by atoms with Crippen molar-refractivity contribution in [1.82, 2.24) is 0 Å². The Labute approximate surface area is 192 Å². The minimum atomic E-state index is -3.31. The van der Waals surface area contributed by atoms with E-state index in [1.165, 1.54) is 0 Å². The largest absolute Gasteiger partial charge is 0.326 e. The molecule has 0 spiro atoms. The van der Waals surface area contributed by atoms with Gasteiger partial charge < -0.3 is 10.6 Å². The molecule has 1 heterocycles. The summed E-state index contributed by atoms with van der Waals surface area (Å²) < 4.78 is 24.5. The molecule has 0 bridgehead atoms. The SMILES string of the molecule is Cc1ccc(Cl)cc1NC(=O)C[C@H]1CS(=O)(=O)C[C@@H]1CC(=O)Nc1cc(Cl)ccc1C. The monoisotopic (exact) mass is 482 g/mol. The van der Waals surface area contributed by atoms with Gasteiger partial charge in [0.05, 0.1) is 11.5 Å². The quantitative estimate of drug-likeness (QED) is 0.627. The molecule has 3 rings (SSSR count). The number of hydrogen-bond acceptors (Lipinski definition) is 4. The average Bonchev–Trinajstić information content (AvgIpc) is 2.94. The number of benzene rings is 2. The first-order valence-electron chi connectivity index (χ1n) is 9.85. The van der Waals surface area contributed by atoms with Crippen molar-refractivity contribution in [3.8, 4) is 0 Å². The summed E-state index contributed by atoms with van der Waals surface area (Å²) in [6.45, 7) is 3.69. The first-order chi connectivity index (χ1) is 14.5. The van der Waals surface area contributed by atoms with E-state index in [2.05, 4.69) is 10.6 Å². The van der Waals surface area contributed by atoms with Gasteiger partial charge in [-0.05, 0) is 61.1 Å². The number of carbonyl (C=O) groups excluding carboxylic acids is 2. The van der Waals surface area contributed by atoms with Crippen molar-refractivity contribution >= 4 is 56.2 Å². The molecule has 9 heteroatoms. The number of amides is 2. The molecule has 1 fully saturated rings. The Balaban J connectivity index is 1.66. The zero-order valence-electron chi connectivity index (χ0n) is 17.2. The zero-order chi connectivity index (χ0) is 22.8. The van der Waals surface area contributed by atoms with Crippen molar-refractivity contribution in [3.05, 3.63) is 57.6 Å². The lowest BCUT2D eigenvalue weighted by Crippen LogP contribution is -2.25. The van der Waals surface area contributed by atoms with Crippen LogP contribution in [0.25, 0.3) is 0 Å².